The number of aliphatic hydroxyl groups is 1. The molecule has 0 amide bonds. The van der Waals surface area contributed by atoms with E-state index in [-0.39, 0.29) is 0 Å². The maximum Gasteiger partial charge on any atom is 0.115 e. The summed E-state index contributed by atoms with van der Waals surface area (Å²) in [4.78, 5) is 0. The fourth-order valence-corrected chi connectivity index (χ4v) is 1.29. The van der Waals surface area contributed by atoms with Crippen LogP contribution in [0.4, 0.5) is 0 Å². The largest absolute Gasteiger partial charge is 0.380 e. The van der Waals surface area contributed by atoms with Gasteiger partial charge in [0.1, 0.15) is 5.60 Å². The second kappa shape index (κ2) is 4.08. The third kappa shape index (κ3) is 2.09. The summed E-state index contributed by atoms with van der Waals surface area (Å²) in [7, 11) is 0. The van der Waals surface area contributed by atoms with Crippen LogP contribution in [0.15, 0.2) is 48.7 Å². The van der Waals surface area contributed by atoms with E-state index in [4.69, 9.17) is 0 Å². The lowest BCUT2D eigenvalue weighted by molar-refractivity contribution is 0.0854. The molecule has 0 unspecified atom stereocenters. The number of hydrogen-bond donors (Lipinski definition) is 1. The van der Waals surface area contributed by atoms with E-state index in [9.17, 15) is 5.11 Å². The van der Waals surface area contributed by atoms with Crippen molar-refractivity contribution in [3.63, 3.8) is 0 Å². The lowest BCUT2D eigenvalue weighted by Crippen LogP contribution is -2.20. The van der Waals surface area contributed by atoms with Crippen LogP contribution in [-0.4, -0.2) is 5.11 Å². The van der Waals surface area contributed by atoms with Gasteiger partial charge in [-0.1, -0.05) is 43.8 Å². The predicted molar refractivity (Wildman–Crippen MR) is 54.3 cm³/mol. The molecule has 0 fully saturated rings. The zero-order chi connectivity index (χ0) is 9.73. The standard InChI is InChI=1S/C12H14O/c1-3-10-12(13,4-2)11-8-6-5-7-9-11/h5-10,13H,1,4H2,2H3/t12-/m0/s1. The van der Waals surface area contributed by atoms with Crippen molar-refractivity contribution >= 4 is 0 Å². The Morgan fingerprint density at radius 2 is 2.08 bits per heavy atom. The summed E-state index contributed by atoms with van der Waals surface area (Å²) >= 11 is 0. The van der Waals surface area contributed by atoms with Crippen LogP contribution in [0.2, 0.25) is 0 Å². The minimum absolute atomic E-state index is 0.625. The zero-order valence-electron chi connectivity index (χ0n) is 7.83. The average molecular weight is 174 g/mol. The summed E-state index contributed by atoms with van der Waals surface area (Å²) < 4.78 is 0. The molecular weight excluding hydrogens is 160 g/mol. The molecule has 0 saturated heterocycles. The Morgan fingerprint density at radius 1 is 1.46 bits per heavy atom. The molecule has 1 rings (SSSR count). The lowest BCUT2D eigenvalue weighted by atomic mass is 9.91. The summed E-state index contributed by atoms with van der Waals surface area (Å²) in [5, 5.41) is 10.1. The Balaban J connectivity index is 3.10. The first-order chi connectivity index (χ1) is 6.23. The predicted octanol–water partition coefficient (Wildman–Crippen LogP) is 2.63. The maximum atomic E-state index is 10.1. The Labute approximate surface area is 79.0 Å². The van der Waals surface area contributed by atoms with Gasteiger partial charge in [0.15, 0.2) is 0 Å². The Bertz CT molecular complexity index is 309. The molecule has 0 radical (unpaired) electrons. The lowest BCUT2D eigenvalue weighted by Gasteiger charge is -2.22. The van der Waals surface area contributed by atoms with E-state index in [0.29, 0.717) is 6.42 Å². The average Bonchev–Trinajstić information content (AvgIpc) is 2.19. The Hall–Kier alpha value is -1.30. The molecular formula is C12H14O. The van der Waals surface area contributed by atoms with Gasteiger partial charge in [0.05, 0.1) is 0 Å². The van der Waals surface area contributed by atoms with E-state index < -0.39 is 5.60 Å². The molecule has 68 valence electrons. The summed E-state index contributed by atoms with van der Waals surface area (Å²) in [6.45, 7) is 5.41. The van der Waals surface area contributed by atoms with Crippen LogP contribution < -0.4 is 0 Å². The molecule has 1 aromatic carbocycles. The van der Waals surface area contributed by atoms with E-state index in [1.54, 1.807) is 6.08 Å². The van der Waals surface area contributed by atoms with Crippen molar-refractivity contribution < 1.29 is 5.11 Å². The van der Waals surface area contributed by atoms with Gasteiger partial charge in [0.2, 0.25) is 0 Å². The van der Waals surface area contributed by atoms with Crippen LogP contribution in [0.5, 0.6) is 0 Å². The molecule has 0 bridgehead atoms. The third-order valence-electron chi connectivity index (χ3n) is 2.15. The van der Waals surface area contributed by atoms with Gasteiger partial charge < -0.3 is 5.11 Å². The van der Waals surface area contributed by atoms with Gasteiger partial charge in [0.25, 0.3) is 0 Å². The normalized spacial score (nSPS) is 14.3. The molecule has 0 aliphatic rings. The van der Waals surface area contributed by atoms with Crippen molar-refractivity contribution in [2.75, 3.05) is 0 Å². The highest BCUT2D eigenvalue weighted by Gasteiger charge is 2.22. The van der Waals surface area contributed by atoms with Crippen molar-refractivity contribution in [2.45, 2.75) is 18.9 Å². The van der Waals surface area contributed by atoms with Gasteiger partial charge >= 0.3 is 0 Å². The van der Waals surface area contributed by atoms with Gasteiger partial charge in [0, 0.05) is 0 Å². The van der Waals surface area contributed by atoms with Crippen LogP contribution in [0.1, 0.15) is 18.9 Å². The van der Waals surface area contributed by atoms with Crippen LogP contribution >= 0.6 is 0 Å². The Morgan fingerprint density at radius 3 is 2.54 bits per heavy atom. The molecule has 13 heavy (non-hydrogen) atoms. The first kappa shape index (κ1) is 9.79. The number of hydrogen-bond acceptors (Lipinski definition) is 1. The maximum absolute atomic E-state index is 10.1. The van der Waals surface area contributed by atoms with E-state index in [0.717, 1.165) is 5.56 Å². The summed E-state index contributed by atoms with van der Waals surface area (Å²) in [6.07, 6.45) is 2.22. The number of rotatable bonds is 3. The highest BCUT2D eigenvalue weighted by atomic mass is 16.3. The molecule has 1 nitrogen and oxygen atoms in total. The monoisotopic (exact) mass is 174 g/mol. The zero-order valence-corrected chi connectivity index (χ0v) is 7.83. The quantitative estimate of drug-likeness (QED) is 0.698. The van der Waals surface area contributed by atoms with Crippen LogP contribution in [0.25, 0.3) is 0 Å². The van der Waals surface area contributed by atoms with Gasteiger partial charge in [-0.25, -0.2) is 0 Å². The molecule has 1 N–H and O–H groups in total. The molecule has 1 atom stereocenters. The molecule has 0 spiro atoms. The first-order valence-electron chi connectivity index (χ1n) is 4.38. The number of benzene rings is 1. The highest BCUT2D eigenvalue weighted by molar-refractivity contribution is 5.26. The van der Waals surface area contributed by atoms with Crippen molar-refractivity contribution in [2.24, 2.45) is 0 Å². The fourth-order valence-electron chi connectivity index (χ4n) is 1.29. The van der Waals surface area contributed by atoms with Crippen LogP contribution in [-0.2, 0) is 5.60 Å². The SMILES string of the molecule is C=C=C[C@@](O)(CC)c1ccccc1. The minimum Gasteiger partial charge on any atom is -0.380 e. The molecule has 0 saturated carbocycles. The minimum atomic E-state index is -0.914. The van der Waals surface area contributed by atoms with Crippen molar-refractivity contribution in [1.82, 2.24) is 0 Å². The van der Waals surface area contributed by atoms with Gasteiger partial charge in [-0.15, -0.1) is 5.73 Å². The second-order valence-corrected chi connectivity index (χ2v) is 2.99. The van der Waals surface area contributed by atoms with Crippen molar-refractivity contribution in [3.8, 4) is 0 Å². The topological polar surface area (TPSA) is 20.2 Å². The summed E-state index contributed by atoms with van der Waals surface area (Å²) in [5.74, 6) is 0. The van der Waals surface area contributed by atoms with E-state index in [1.165, 1.54) is 0 Å². The summed E-state index contributed by atoms with van der Waals surface area (Å²) in [6, 6.07) is 9.55. The molecule has 0 aliphatic heterocycles. The summed E-state index contributed by atoms with van der Waals surface area (Å²) in [5.41, 5.74) is 2.60. The third-order valence-corrected chi connectivity index (χ3v) is 2.15. The van der Waals surface area contributed by atoms with E-state index in [1.807, 2.05) is 37.3 Å². The molecule has 0 heterocycles. The fraction of sp³-hybridized carbons (Fsp3) is 0.250. The highest BCUT2D eigenvalue weighted by Crippen LogP contribution is 2.25. The van der Waals surface area contributed by atoms with E-state index in [2.05, 4.69) is 12.3 Å². The molecule has 0 aromatic heterocycles. The van der Waals surface area contributed by atoms with Crippen molar-refractivity contribution in [1.29, 1.82) is 0 Å². The first-order valence-corrected chi connectivity index (χ1v) is 4.38. The van der Waals surface area contributed by atoms with Crippen LogP contribution in [0, 0.1) is 0 Å². The molecule has 0 aliphatic carbocycles. The van der Waals surface area contributed by atoms with Gasteiger partial charge in [-0.2, -0.15) is 0 Å². The Kier molecular flexibility index (Phi) is 3.07. The van der Waals surface area contributed by atoms with Gasteiger partial charge in [-0.3, -0.25) is 0 Å². The van der Waals surface area contributed by atoms with E-state index >= 15 is 0 Å². The van der Waals surface area contributed by atoms with Crippen molar-refractivity contribution in [3.05, 3.63) is 54.3 Å². The molecule has 1 aromatic rings. The second-order valence-electron chi connectivity index (χ2n) is 2.99. The molecule has 1 heteroatoms. The smallest absolute Gasteiger partial charge is 0.115 e. The van der Waals surface area contributed by atoms with Gasteiger partial charge in [-0.05, 0) is 18.1 Å². The van der Waals surface area contributed by atoms with Crippen LogP contribution in [0.3, 0.4) is 0 Å².